The van der Waals surface area contributed by atoms with Crippen LogP contribution >= 0.6 is 11.3 Å². The molecule has 0 spiro atoms. The summed E-state index contributed by atoms with van der Waals surface area (Å²) in [6.07, 6.45) is 1.89. The summed E-state index contributed by atoms with van der Waals surface area (Å²) in [5, 5.41) is 4.93. The summed E-state index contributed by atoms with van der Waals surface area (Å²) in [6.45, 7) is 2.85. The number of aromatic nitrogens is 1. The minimum Gasteiger partial charge on any atom is -0.342 e. The van der Waals surface area contributed by atoms with E-state index in [1.807, 2.05) is 10.3 Å². The Morgan fingerprint density at radius 1 is 1.03 bits per heavy atom. The predicted molar refractivity (Wildman–Crippen MR) is 120 cm³/mol. The third kappa shape index (κ3) is 5.92. The monoisotopic (exact) mass is 480 g/mol. The summed E-state index contributed by atoms with van der Waals surface area (Å²) in [4.78, 5) is 33.9. The molecule has 33 heavy (non-hydrogen) atoms. The smallest absolute Gasteiger partial charge is 0.342 e. The third-order valence-electron chi connectivity index (χ3n) is 6.22. The first-order valence-electron chi connectivity index (χ1n) is 11.3. The zero-order chi connectivity index (χ0) is 23.4. The van der Waals surface area contributed by atoms with Crippen molar-refractivity contribution in [1.82, 2.24) is 14.8 Å². The number of hydrogen-bond donors (Lipinski definition) is 1. The van der Waals surface area contributed by atoms with Crippen LogP contribution in [0.5, 0.6) is 0 Å². The first-order valence-corrected chi connectivity index (χ1v) is 12.1. The van der Waals surface area contributed by atoms with Crippen LogP contribution in [-0.2, 0) is 11.0 Å². The first kappa shape index (κ1) is 23.7. The number of rotatable bonds is 5. The lowest BCUT2D eigenvalue weighted by Crippen LogP contribution is -2.40. The number of amides is 2. The molecular formula is C23H27F3N4O2S. The fraction of sp³-hybridized carbons (Fsp3) is 0.522. The summed E-state index contributed by atoms with van der Waals surface area (Å²) in [7, 11) is 0. The highest BCUT2D eigenvalue weighted by Crippen LogP contribution is 2.34. The van der Waals surface area contributed by atoms with Gasteiger partial charge in [-0.05, 0) is 56.5 Å². The number of nitrogens with zero attached hydrogens (tertiary/aromatic N) is 3. The van der Waals surface area contributed by atoms with Crippen LogP contribution < -0.4 is 5.32 Å². The fourth-order valence-electron chi connectivity index (χ4n) is 4.42. The molecule has 1 atom stereocenters. The van der Waals surface area contributed by atoms with Crippen molar-refractivity contribution in [2.75, 3.05) is 31.5 Å². The Morgan fingerprint density at radius 2 is 1.73 bits per heavy atom. The van der Waals surface area contributed by atoms with Crippen LogP contribution in [0.2, 0.25) is 0 Å². The van der Waals surface area contributed by atoms with Gasteiger partial charge in [0.25, 0.3) is 5.91 Å². The third-order valence-corrected chi connectivity index (χ3v) is 6.99. The van der Waals surface area contributed by atoms with Crippen LogP contribution in [0.15, 0.2) is 29.6 Å². The zero-order valence-corrected chi connectivity index (χ0v) is 19.1. The van der Waals surface area contributed by atoms with E-state index in [2.05, 4.69) is 15.2 Å². The molecule has 6 nitrogen and oxygen atoms in total. The lowest BCUT2D eigenvalue weighted by molar-refractivity contribution is -0.137. The largest absolute Gasteiger partial charge is 0.416 e. The highest BCUT2D eigenvalue weighted by molar-refractivity contribution is 7.14. The molecule has 4 rings (SSSR count). The second-order valence-corrected chi connectivity index (χ2v) is 9.39. The zero-order valence-electron chi connectivity index (χ0n) is 18.2. The van der Waals surface area contributed by atoms with Crippen LogP contribution in [0.25, 0.3) is 0 Å². The van der Waals surface area contributed by atoms with Crippen molar-refractivity contribution in [2.24, 2.45) is 0 Å². The van der Waals surface area contributed by atoms with E-state index in [1.165, 1.54) is 24.2 Å². The van der Waals surface area contributed by atoms with Gasteiger partial charge in [-0.1, -0.05) is 12.8 Å². The van der Waals surface area contributed by atoms with Crippen molar-refractivity contribution in [3.63, 3.8) is 0 Å². The lowest BCUT2D eigenvalue weighted by Gasteiger charge is -2.27. The van der Waals surface area contributed by atoms with Gasteiger partial charge in [0.15, 0.2) is 5.13 Å². The van der Waals surface area contributed by atoms with Gasteiger partial charge in [0.2, 0.25) is 5.91 Å². The van der Waals surface area contributed by atoms with E-state index in [4.69, 9.17) is 0 Å². The summed E-state index contributed by atoms with van der Waals surface area (Å²) < 4.78 is 38.1. The Hall–Kier alpha value is -2.46. The van der Waals surface area contributed by atoms with Crippen molar-refractivity contribution in [3.05, 3.63) is 46.5 Å². The molecule has 1 N–H and O–H groups in total. The van der Waals surface area contributed by atoms with E-state index in [1.54, 1.807) is 0 Å². The second-order valence-electron chi connectivity index (χ2n) is 8.53. The molecule has 0 unspecified atom stereocenters. The van der Waals surface area contributed by atoms with Gasteiger partial charge in [0.05, 0.1) is 23.8 Å². The van der Waals surface area contributed by atoms with Gasteiger partial charge < -0.3 is 4.90 Å². The van der Waals surface area contributed by atoms with Crippen LogP contribution in [0, 0.1) is 0 Å². The molecule has 2 aromatic rings. The molecular weight excluding hydrogens is 453 g/mol. The fourth-order valence-corrected chi connectivity index (χ4v) is 5.17. The topological polar surface area (TPSA) is 65.5 Å². The van der Waals surface area contributed by atoms with Crippen molar-refractivity contribution in [1.29, 1.82) is 0 Å². The summed E-state index contributed by atoms with van der Waals surface area (Å²) in [5.74, 6) is -0.348. The SMILES string of the molecule is O=C(Nc1nc([C@@H]2CCCN2CC(=O)N2CCCCCC2)cs1)c1ccc(C(F)(F)F)cc1. The molecule has 2 amide bonds. The first-order chi connectivity index (χ1) is 15.8. The van der Waals surface area contributed by atoms with E-state index >= 15 is 0 Å². The maximum Gasteiger partial charge on any atom is 0.416 e. The van der Waals surface area contributed by atoms with Gasteiger partial charge in [-0.25, -0.2) is 4.98 Å². The molecule has 10 heteroatoms. The molecule has 2 aliphatic heterocycles. The molecule has 2 fully saturated rings. The van der Waals surface area contributed by atoms with Crippen molar-refractivity contribution < 1.29 is 22.8 Å². The molecule has 178 valence electrons. The number of likely N-dealkylation sites (tertiary alicyclic amines) is 2. The van der Waals surface area contributed by atoms with Gasteiger partial charge in [-0.2, -0.15) is 13.2 Å². The van der Waals surface area contributed by atoms with Crippen LogP contribution in [-0.4, -0.2) is 52.8 Å². The Morgan fingerprint density at radius 3 is 2.39 bits per heavy atom. The van der Waals surface area contributed by atoms with Crippen LogP contribution in [0.3, 0.4) is 0 Å². The number of halogens is 3. The van der Waals surface area contributed by atoms with Crippen LogP contribution in [0.1, 0.15) is 66.2 Å². The van der Waals surface area contributed by atoms with Crippen LogP contribution in [0.4, 0.5) is 18.3 Å². The standard InChI is InChI=1S/C23H27F3N4O2S/c24-23(25,26)17-9-7-16(8-10-17)21(32)28-22-27-18(15-33-22)19-6-5-13-30(19)14-20(31)29-11-3-1-2-4-12-29/h7-10,15,19H,1-6,11-14H2,(H,27,28,32)/t19-/m0/s1. The second kappa shape index (κ2) is 10.2. The number of alkyl halides is 3. The Labute approximate surface area is 194 Å². The Bertz CT molecular complexity index is 969. The van der Waals surface area contributed by atoms with Gasteiger partial charge in [0.1, 0.15) is 0 Å². The number of carbonyl (C=O) groups excluding carboxylic acids is 2. The molecule has 0 bridgehead atoms. The highest BCUT2D eigenvalue weighted by atomic mass is 32.1. The number of benzene rings is 1. The number of anilines is 1. The number of nitrogens with one attached hydrogen (secondary N) is 1. The molecule has 0 aliphatic carbocycles. The van der Waals surface area contributed by atoms with Gasteiger partial charge in [-0.15, -0.1) is 11.3 Å². The molecule has 1 aromatic heterocycles. The summed E-state index contributed by atoms with van der Waals surface area (Å²) in [6, 6.07) is 4.10. The normalized spacial score (nSPS) is 20.0. The van der Waals surface area contributed by atoms with Crippen molar-refractivity contribution in [2.45, 2.75) is 50.7 Å². The Kier molecular flexibility index (Phi) is 7.33. The lowest BCUT2D eigenvalue weighted by atomic mass is 10.1. The van der Waals surface area contributed by atoms with Gasteiger partial charge in [0, 0.05) is 24.0 Å². The van der Waals surface area contributed by atoms with E-state index < -0.39 is 17.6 Å². The molecule has 0 radical (unpaired) electrons. The predicted octanol–water partition coefficient (Wildman–Crippen LogP) is 4.95. The maximum atomic E-state index is 12.8. The number of carbonyl (C=O) groups is 2. The molecule has 1 aromatic carbocycles. The average Bonchev–Trinajstić information content (AvgIpc) is 3.34. The van der Waals surface area contributed by atoms with Gasteiger partial charge in [-0.3, -0.25) is 19.8 Å². The molecule has 0 saturated carbocycles. The van der Waals surface area contributed by atoms with E-state index in [0.717, 1.165) is 75.3 Å². The van der Waals surface area contributed by atoms with E-state index in [-0.39, 0.29) is 17.5 Å². The Balaban J connectivity index is 1.36. The minimum atomic E-state index is -4.44. The molecule has 3 heterocycles. The molecule has 2 saturated heterocycles. The number of hydrogen-bond acceptors (Lipinski definition) is 5. The highest BCUT2D eigenvalue weighted by Gasteiger charge is 2.32. The van der Waals surface area contributed by atoms with Gasteiger partial charge >= 0.3 is 6.18 Å². The quantitative estimate of drug-likeness (QED) is 0.658. The summed E-state index contributed by atoms with van der Waals surface area (Å²) in [5.41, 5.74) is 0.140. The number of thiazole rings is 1. The average molecular weight is 481 g/mol. The summed E-state index contributed by atoms with van der Waals surface area (Å²) >= 11 is 1.27. The molecule has 2 aliphatic rings. The minimum absolute atomic E-state index is 0.0221. The van der Waals surface area contributed by atoms with Crippen molar-refractivity contribution >= 4 is 28.3 Å². The van der Waals surface area contributed by atoms with E-state index in [0.29, 0.717) is 11.7 Å². The van der Waals surface area contributed by atoms with Crippen molar-refractivity contribution in [3.8, 4) is 0 Å². The van der Waals surface area contributed by atoms with E-state index in [9.17, 15) is 22.8 Å². The maximum absolute atomic E-state index is 12.8.